The number of hydrogen-bond acceptors (Lipinski definition) is 6. The van der Waals surface area contributed by atoms with Gasteiger partial charge in [-0.05, 0) is 31.0 Å². The molecule has 0 saturated carbocycles. The number of aliphatic hydroxyl groups excluding tert-OH is 1. The zero-order valence-corrected chi connectivity index (χ0v) is 15.0. The zero-order chi connectivity index (χ0) is 18.6. The van der Waals surface area contributed by atoms with Gasteiger partial charge in [0.05, 0.1) is 24.5 Å². The van der Waals surface area contributed by atoms with Crippen LogP contribution in [0.15, 0.2) is 36.5 Å². The van der Waals surface area contributed by atoms with E-state index in [1.54, 1.807) is 6.20 Å². The van der Waals surface area contributed by atoms with Crippen LogP contribution >= 0.6 is 0 Å². The highest BCUT2D eigenvalue weighted by atomic mass is 16.5. The lowest BCUT2D eigenvalue weighted by molar-refractivity contribution is 0.0299. The van der Waals surface area contributed by atoms with E-state index in [1.165, 1.54) is 0 Å². The molecule has 2 fully saturated rings. The van der Waals surface area contributed by atoms with Crippen molar-refractivity contribution in [1.82, 2.24) is 15.3 Å². The number of urea groups is 1. The number of nitrogens with zero attached hydrogens (tertiary/aromatic N) is 3. The molecule has 3 heterocycles. The molecule has 2 aromatic rings. The summed E-state index contributed by atoms with van der Waals surface area (Å²) in [5, 5.41) is 14.0. The molecule has 3 N–H and O–H groups in total. The van der Waals surface area contributed by atoms with Crippen LogP contribution in [0.4, 0.5) is 16.4 Å². The van der Waals surface area contributed by atoms with E-state index in [0.29, 0.717) is 17.9 Å². The number of benzene rings is 1. The molecule has 8 heteroatoms. The highest BCUT2D eigenvalue weighted by molar-refractivity contribution is 5.89. The average molecular weight is 369 g/mol. The molecule has 142 valence electrons. The highest BCUT2D eigenvalue weighted by Crippen LogP contribution is 2.29. The number of rotatable bonds is 5. The van der Waals surface area contributed by atoms with Crippen molar-refractivity contribution in [2.24, 2.45) is 0 Å². The van der Waals surface area contributed by atoms with Crippen molar-refractivity contribution in [1.29, 1.82) is 0 Å². The molecule has 1 aromatic heterocycles. The van der Waals surface area contributed by atoms with Crippen LogP contribution in [0.25, 0.3) is 11.3 Å². The minimum absolute atomic E-state index is 0.0902. The van der Waals surface area contributed by atoms with Gasteiger partial charge in [0.2, 0.25) is 5.95 Å². The molecule has 2 saturated heterocycles. The number of carbonyl (C=O) groups excluding carboxylic acids is 1. The van der Waals surface area contributed by atoms with Crippen molar-refractivity contribution < 1.29 is 14.6 Å². The third-order valence-corrected chi connectivity index (χ3v) is 4.81. The molecule has 2 bridgehead atoms. The summed E-state index contributed by atoms with van der Waals surface area (Å²) < 4.78 is 5.88. The van der Waals surface area contributed by atoms with Crippen LogP contribution in [0.3, 0.4) is 0 Å². The largest absolute Gasteiger partial charge is 0.395 e. The molecule has 4 rings (SSSR count). The molecule has 27 heavy (non-hydrogen) atoms. The molecule has 2 aliphatic heterocycles. The van der Waals surface area contributed by atoms with E-state index < -0.39 is 0 Å². The lowest BCUT2D eigenvalue weighted by Crippen LogP contribution is -2.43. The summed E-state index contributed by atoms with van der Waals surface area (Å²) in [5.74, 6) is 0.735. The van der Waals surface area contributed by atoms with Gasteiger partial charge in [0.25, 0.3) is 0 Å². The van der Waals surface area contributed by atoms with Gasteiger partial charge in [-0.15, -0.1) is 0 Å². The molecule has 8 nitrogen and oxygen atoms in total. The quantitative estimate of drug-likeness (QED) is 0.741. The SMILES string of the molecule is O=C(NCCO)Nc1ccc(-c2ccnc(N3CC4CCC(C3)O4)n2)cc1. The van der Waals surface area contributed by atoms with E-state index in [2.05, 4.69) is 20.5 Å². The summed E-state index contributed by atoms with van der Waals surface area (Å²) in [4.78, 5) is 23.0. The molecule has 0 radical (unpaired) electrons. The van der Waals surface area contributed by atoms with Gasteiger partial charge in [0.15, 0.2) is 0 Å². The van der Waals surface area contributed by atoms with E-state index in [4.69, 9.17) is 14.8 Å². The Labute approximate surface area is 157 Å². The second kappa shape index (κ2) is 7.89. The number of carbonyl (C=O) groups is 1. The van der Waals surface area contributed by atoms with Crippen molar-refractivity contribution in [3.8, 4) is 11.3 Å². The molecule has 0 spiro atoms. The number of morpholine rings is 1. The molecule has 2 atom stereocenters. The number of aromatic nitrogens is 2. The van der Waals surface area contributed by atoms with Crippen molar-refractivity contribution in [2.45, 2.75) is 25.0 Å². The van der Waals surface area contributed by atoms with Gasteiger partial charge in [-0.3, -0.25) is 0 Å². The maximum Gasteiger partial charge on any atom is 0.319 e. The van der Waals surface area contributed by atoms with Crippen LogP contribution in [0.1, 0.15) is 12.8 Å². The highest BCUT2D eigenvalue weighted by Gasteiger charge is 2.34. The first-order chi connectivity index (χ1) is 13.2. The number of fused-ring (bicyclic) bond motifs is 2. The molecule has 2 unspecified atom stereocenters. The van der Waals surface area contributed by atoms with E-state index in [-0.39, 0.29) is 19.2 Å². The number of amides is 2. The Morgan fingerprint density at radius 2 is 1.93 bits per heavy atom. The fourth-order valence-electron chi connectivity index (χ4n) is 3.51. The van der Waals surface area contributed by atoms with E-state index in [1.807, 2.05) is 30.3 Å². The van der Waals surface area contributed by atoms with Crippen LogP contribution in [0, 0.1) is 0 Å². The minimum Gasteiger partial charge on any atom is -0.395 e. The third kappa shape index (κ3) is 4.17. The van der Waals surface area contributed by atoms with Gasteiger partial charge >= 0.3 is 6.03 Å². The Hall–Kier alpha value is -2.71. The van der Waals surface area contributed by atoms with Crippen LogP contribution in [-0.2, 0) is 4.74 Å². The van der Waals surface area contributed by atoms with Crippen LogP contribution in [-0.4, -0.2) is 59.6 Å². The first-order valence-corrected chi connectivity index (χ1v) is 9.21. The third-order valence-electron chi connectivity index (χ3n) is 4.81. The summed E-state index contributed by atoms with van der Waals surface area (Å²) in [5.41, 5.74) is 2.47. The Bertz CT molecular complexity index is 786. The normalized spacial score (nSPS) is 21.1. The van der Waals surface area contributed by atoms with Gasteiger partial charge in [0.1, 0.15) is 0 Å². The van der Waals surface area contributed by atoms with Gasteiger partial charge in [-0.25, -0.2) is 14.8 Å². The monoisotopic (exact) mass is 369 g/mol. The summed E-state index contributed by atoms with van der Waals surface area (Å²) >= 11 is 0. The second-order valence-electron chi connectivity index (χ2n) is 6.79. The van der Waals surface area contributed by atoms with Crippen molar-refractivity contribution in [3.63, 3.8) is 0 Å². The lowest BCUT2D eigenvalue weighted by atomic mass is 10.1. The number of ether oxygens (including phenoxy) is 1. The summed E-state index contributed by atoms with van der Waals surface area (Å²) in [6.45, 7) is 1.81. The Morgan fingerprint density at radius 1 is 1.19 bits per heavy atom. The zero-order valence-electron chi connectivity index (χ0n) is 15.0. The topological polar surface area (TPSA) is 99.6 Å². The van der Waals surface area contributed by atoms with Crippen LogP contribution in [0.2, 0.25) is 0 Å². The lowest BCUT2D eigenvalue weighted by Gasteiger charge is -2.32. The summed E-state index contributed by atoms with van der Waals surface area (Å²) in [7, 11) is 0. The molecule has 1 aromatic carbocycles. The van der Waals surface area contributed by atoms with E-state index in [0.717, 1.165) is 43.1 Å². The van der Waals surface area contributed by atoms with Gasteiger partial charge in [-0.2, -0.15) is 0 Å². The van der Waals surface area contributed by atoms with Crippen LogP contribution in [0.5, 0.6) is 0 Å². The van der Waals surface area contributed by atoms with Gasteiger partial charge < -0.3 is 25.4 Å². The second-order valence-corrected chi connectivity index (χ2v) is 6.79. The van der Waals surface area contributed by atoms with Crippen molar-refractivity contribution in [2.75, 3.05) is 36.5 Å². The first-order valence-electron chi connectivity index (χ1n) is 9.21. The smallest absolute Gasteiger partial charge is 0.319 e. The number of anilines is 2. The van der Waals surface area contributed by atoms with E-state index in [9.17, 15) is 4.79 Å². The number of hydrogen-bond donors (Lipinski definition) is 3. The van der Waals surface area contributed by atoms with Gasteiger partial charge in [-0.1, -0.05) is 12.1 Å². The molecule has 2 aliphatic rings. The number of aliphatic hydroxyl groups is 1. The molecule has 0 aliphatic carbocycles. The summed E-state index contributed by atoms with van der Waals surface area (Å²) in [6, 6.07) is 9.01. The standard InChI is InChI=1S/C19H23N5O3/c25-10-9-21-19(26)22-14-3-1-13(2-4-14)17-7-8-20-18(23-17)24-11-15-5-6-16(12-24)27-15/h1-4,7-8,15-16,25H,5-6,9-12H2,(H2,21,22,26). The van der Waals surface area contributed by atoms with Crippen LogP contribution < -0.4 is 15.5 Å². The van der Waals surface area contributed by atoms with Crippen molar-refractivity contribution >= 4 is 17.7 Å². The first kappa shape index (κ1) is 17.7. The molecular weight excluding hydrogens is 346 g/mol. The molecular formula is C19H23N5O3. The van der Waals surface area contributed by atoms with Gasteiger partial charge in [0, 0.05) is 37.1 Å². The van der Waals surface area contributed by atoms with Crippen molar-refractivity contribution in [3.05, 3.63) is 36.5 Å². The Kier molecular flexibility index (Phi) is 5.17. The average Bonchev–Trinajstić information content (AvgIpc) is 3.04. The number of nitrogens with one attached hydrogen (secondary N) is 2. The van der Waals surface area contributed by atoms with E-state index >= 15 is 0 Å². The Morgan fingerprint density at radius 3 is 2.63 bits per heavy atom. The molecule has 2 amide bonds. The maximum absolute atomic E-state index is 11.6. The predicted molar refractivity (Wildman–Crippen MR) is 102 cm³/mol. The fraction of sp³-hybridized carbons (Fsp3) is 0.421. The fourth-order valence-corrected chi connectivity index (χ4v) is 3.51. The minimum atomic E-state index is -0.344. The Balaban J connectivity index is 1.45. The maximum atomic E-state index is 11.6. The summed E-state index contributed by atoms with van der Waals surface area (Å²) in [6.07, 6.45) is 4.59. The predicted octanol–water partition coefficient (Wildman–Crippen LogP) is 1.62.